The standard InChI is InChI=1S/C13H17BrN2O2/c1-9-2-3-11(14)12(6-9)15-13(18)16-5-4-10(7-16)8-17/h2-3,6,10,17H,4-5,7-8H2,1H3,(H,15,18). The van der Waals surface area contributed by atoms with Crippen LogP contribution in [0.3, 0.4) is 0 Å². The molecule has 1 aromatic carbocycles. The van der Waals surface area contributed by atoms with Gasteiger partial charge >= 0.3 is 6.03 Å². The van der Waals surface area contributed by atoms with Crippen molar-refractivity contribution in [3.05, 3.63) is 28.2 Å². The SMILES string of the molecule is Cc1ccc(Br)c(NC(=O)N2CCC(CO)C2)c1. The van der Waals surface area contributed by atoms with Gasteiger partial charge in [0.05, 0.1) is 5.69 Å². The average Bonchev–Trinajstić information content (AvgIpc) is 2.82. The van der Waals surface area contributed by atoms with Gasteiger partial charge in [0, 0.05) is 30.1 Å². The molecule has 1 aliphatic heterocycles. The van der Waals surface area contributed by atoms with Crippen molar-refractivity contribution in [2.45, 2.75) is 13.3 Å². The Balaban J connectivity index is 2.01. The molecule has 1 unspecified atom stereocenters. The molecule has 0 aromatic heterocycles. The molecule has 98 valence electrons. The summed E-state index contributed by atoms with van der Waals surface area (Å²) >= 11 is 3.42. The molecule has 1 aliphatic rings. The summed E-state index contributed by atoms with van der Waals surface area (Å²) in [7, 11) is 0. The first kappa shape index (κ1) is 13.4. The quantitative estimate of drug-likeness (QED) is 0.882. The topological polar surface area (TPSA) is 52.6 Å². The zero-order valence-corrected chi connectivity index (χ0v) is 11.9. The minimum atomic E-state index is -0.0998. The fourth-order valence-electron chi connectivity index (χ4n) is 2.10. The van der Waals surface area contributed by atoms with Gasteiger partial charge in [-0.15, -0.1) is 0 Å². The summed E-state index contributed by atoms with van der Waals surface area (Å²) in [5.74, 6) is 0.219. The number of carbonyl (C=O) groups is 1. The summed E-state index contributed by atoms with van der Waals surface area (Å²) in [5.41, 5.74) is 1.88. The van der Waals surface area contributed by atoms with Crippen LogP contribution in [-0.4, -0.2) is 35.7 Å². The molecule has 2 amide bonds. The third kappa shape index (κ3) is 3.03. The van der Waals surface area contributed by atoms with Gasteiger partial charge in [0.2, 0.25) is 0 Å². The second-order valence-electron chi connectivity index (χ2n) is 4.70. The molecule has 1 heterocycles. The normalized spacial score (nSPS) is 19.1. The number of aryl methyl sites for hydroxylation is 1. The summed E-state index contributed by atoms with van der Waals surface area (Å²) in [6, 6.07) is 5.74. The Labute approximate surface area is 115 Å². The van der Waals surface area contributed by atoms with Gasteiger partial charge in [-0.2, -0.15) is 0 Å². The number of hydrogen-bond acceptors (Lipinski definition) is 2. The van der Waals surface area contributed by atoms with Crippen LogP contribution in [0, 0.1) is 12.8 Å². The number of aliphatic hydroxyl groups excluding tert-OH is 1. The van der Waals surface area contributed by atoms with Gasteiger partial charge in [-0.1, -0.05) is 6.07 Å². The van der Waals surface area contributed by atoms with Crippen LogP contribution in [-0.2, 0) is 0 Å². The van der Waals surface area contributed by atoms with E-state index in [-0.39, 0.29) is 18.6 Å². The molecular weight excluding hydrogens is 296 g/mol. The maximum absolute atomic E-state index is 12.1. The van der Waals surface area contributed by atoms with E-state index in [0.29, 0.717) is 13.1 Å². The number of hydrogen-bond donors (Lipinski definition) is 2. The molecule has 18 heavy (non-hydrogen) atoms. The van der Waals surface area contributed by atoms with Gasteiger partial charge in [-0.25, -0.2) is 4.79 Å². The predicted molar refractivity (Wildman–Crippen MR) is 74.7 cm³/mol. The van der Waals surface area contributed by atoms with Crippen molar-refractivity contribution in [2.75, 3.05) is 25.0 Å². The number of rotatable bonds is 2. The minimum absolute atomic E-state index is 0.0998. The van der Waals surface area contributed by atoms with Gasteiger partial charge in [-0.3, -0.25) is 0 Å². The van der Waals surface area contributed by atoms with Crippen molar-refractivity contribution in [3.63, 3.8) is 0 Å². The van der Waals surface area contributed by atoms with Crippen molar-refractivity contribution in [2.24, 2.45) is 5.92 Å². The highest BCUT2D eigenvalue weighted by molar-refractivity contribution is 9.10. The molecule has 2 rings (SSSR count). The molecule has 1 aromatic rings. The summed E-state index contributed by atoms with van der Waals surface area (Å²) in [6.45, 7) is 3.48. The summed E-state index contributed by atoms with van der Waals surface area (Å²) in [5, 5.41) is 12.0. The highest BCUT2D eigenvalue weighted by atomic mass is 79.9. The smallest absolute Gasteiger partial charge is 0.321 e. The Kier molecular flexibility index (Phi) is 4.24. The third-order valence-electron chi connectivity index (χ3n) is 3.19. The van der Waals surface area contributed by atoms with Gasteiger partial charge in [0.1, 0.15) is 0 Å². The molecule has 0 radical (unpaired) electrons. The molecule has 1 saturated heterocycles. The lowest BCUT2D eigenvalue weighted by Gasteiger charge is -2.18. The van der Waals surface area contributed by atoms with Gasteiger partial charge in [-0.05, 0) is 47.0 Å². The lowest BCUT2D eigenvalue weighted by atomic mass is 10.1. The zero-order chi connectivity index (χ0) is 13.1. The van der Waals surface area contributed by atoms with Crippen molar-refractivity contribution >= 4 is 27.6 Å². The first-order chi connectivity index (χ1) is 8.60. The fraction of sp³-hybridized carbons (Fsp3) is 0.462. The number of likely N-dealkylation sites (tertiary alicyclic amines) is 1. The Hall–Kier alpha value is -1.07. The number of aliphatic hydroxyl groups is 1. The Morgan fingerprint density at radius 3 is 3.06 bits per heavy atom. The van der Waals surface area contributed by atoms with Crippen molar-refractivity contribution < 1.29 is 9.90 Å². The van der Waals surface area contributed by atoms with E-state index in [0.717, 1.165) is 22.1 Å². The molecule has 1 atom stereocenters. The highest BCUT2D eigenvalue weighted by Gasteiger charge is 2.25. The first-order valence-electron chi connectivity index (χ1n) is 6.03. The molecule has 1 fully saturated rings. The van der Waals surface area contributed by atoms with Crippen LogP contribution in [0.25, 0.3) is 0 Å². The summed E-state index contributed by atoms with van der Waals surface area (Å²) < 4.78 is 0.874. The fourth-order valence-corrected chi connectivity index (χ4v) is 2.44. The number of amides is 2. The van der Waals surface area contributed by atoms with E-state index >= 15 is 0 Å². The van der Waals surface area contributed by atoms with E-state index in [2.05, 4.69) is 21.2 Å². The van der Waals surface area contributed by atoms with E-state index in [1.807, 2.05) is 25.1 Å². The number of nitrogens with zero attached hydrogens (tertiary/aromatic N) is 1. The molecule has 0 saturated carbocycles. The van der Waals surface area contributed by atoms with Crippen molar-refractivity contribution in [1.82, 2.24) is 4.90 Å². The summed E-state index contributed by atoms with van der Waals surface area (Å²) in [6.07, 6.45) is 0.874. The molecule has 4 nitrogen and oxygen atoms in total. The van der Waals surface area contributed by atoms with Crippen LogP contribution in [0.4, 0.5) is 10.5 Å². The molecule has 2 N–H and O–H groups in total. The zero-order valence-electron chi connectivity index (χ0n) is 10.3. The molecule has 0 spiro atoms. The van der Waals surface area contributed by atoms with Crippen LogP contribution in [0.5, 0.6) is 0 Å². The lowest BCUT2D eigenvalue weighted by Crippen LogP contribution is -2.33. The maximum atomic E-state index is 12.1. The molecular formula is C13H17BrN2O2. The number of anilines is 1. The Morgan fingerprint density at radius 1 is 1.61 bits per heavy atom. The number of nitrogens with one attached hydrogen (secondary N) is 1. The monoisotopic (exact) mass is 312 g/mol. The first-order valence-corrected chi connectivity index (χ1v) is 6.82. The molecule has 5 heteroatoms. The number of benzene rings is 1. The van der Waals surface area contributed by atoms with Crippen LogP contribution < -0.4 is 5.32 Å². The number of carbonyl (C=O) groups excluding carboxylic acids is 1. The maximum Gasteiger partial charge on any atom is 0.321 e. The minimum Gasteiger partial charge on any atom is -0.396 e. The van der Waals surface area contributed by atoms with Gasteiger partial charge < -0.3 is 15.3 Å². The number of urea groups is 1. The van der Waals surface area contributed by atoms with E-state index in [1.54, 1.807) is 4.90 Å². The second-order valence-corrected chi connectivity index (χ2v) is 5.55. The molecule has 0 bridgehead atoms. The highest BCUT2D eigenvalue weighted by Crippen LogP contribution is 2.24. The molecule has 0 aliphatic carbocycles. The van der Waals surface area contributed by atoms with Gasteiger partial charge in [0.15, 0.2) is 0 Å². The van der Waals surface area contributed by atoms with Crippen molar-refractivity contribution in [1.29, 1.82) is 0 Å². The second kappa shape index (κ2) is 5.71. The lowest BCUT2D eigenvalue weighted by molar-refractivity contribution is 0.208. The van der Waals surface area contributed by atoms with E-state index in [9.17, 15) is 4.79 Å². The predicted octanol–water partition coefficient (Wildman–Crippen LogP) is 2.60. The summed E-state index contributed by atoms with van der Waals surface area (Å²) in [4.78, 5) is 13.8. The number of halogens is 1. The van der Waals surface area contributed by atoms with Crippen LogP contribution in [0.1, 0.15) is 12.0 Å². The largest absolute Gasteiger partial charge is 0.396 e. The van der Waals surface area contributed by atoms with Crippen LogP contribution in [0.15, 0.2) is 22.7 Å². The third-order valence-corrected chi connectivity index (χ3v) is 3.89. The van der Waals surface area contributed by atoms with Crippen molar-refractivity contribution in [3.8, 4) is 0 Å². The van der Waals surface area contributed by atoms with E-state index in [1.165, 1.54) is 0 Å². The van der Waals surface area contributed by atoms with E-state index in [4.69, 9.17) is 5.11 Å². The Bertz CT molecular complexity index is 451. The van der Waals surface area contributed by atoms with Crippen LogP contribution in [0.2, 0.25) is 0 Å². The van der Waals surface area contributed by atoms with Gasteiger partial charge in [0.25, 0.3) is 0 Å². The van der Waals surface area contributed by atoms with E-state index < -0.39 is 0 Å². The average molecular weight is 313 g/mol. The van der Waals surface area contributed by atoms with Crippen LogP contribution >= 0.6 is 15.9 Å². The Morgan fingerprint density at radius 2 is 2.39 bits per heavy atom.